The van der Waals surface area contributed by atoms with Gasteiger partial charge in [-0.2, -0.15) is 0 Å². The number of hydrogen-bond donors (Lipinski definition) is 1. The van der Waals surface area contributed by atoms with Crippen LogP contribution in [0, 0.1) is 0 Å². The number of hydrogen-bond acceptors (Lipinski definition) is 5. The van der Waals surface area contributed by atoms with Gasteiger partial charge in [-0.05, 0) is 12.1 Å². The molecule has 118 valence electrons. The second-order valence-electron chi connectivity index (χ2n) is 4.49. The number of fused-ring (bicyclic) bond motifs is 1. The molecular formula is C15H9Cl2NO3S2. The highest BCUT2D eigenvalue weighted by molar-refractivity contribution is 7.21. The van der Waals surface area contributed by atoms with Gasteiger partial charge in [-0.3, -0.25) is 4.79 Å². The Labute approximate surface area is 149 Å². The molecule has 3 rings (SSSR count). The number of carbonyl (C=O) groups excluding carboxylic acids is 2. The smallest absolute Gasteiger partial charge is 0.350 e. The number of methoxy groups -OCH3 is 1. The van der Waals surface area contributed by atoms with Gasteiger partial charge in [0.05, 0.1) is 22.7 Å². The van der Waals surface area contributed by atoms with Crippen molar-refractivity contribution in [3.8, 4) is 0 Å². The molecule has 1 aromatic carbocycles. The number of anilines is 1. The molecule has 23 heavy (non-hydrogen) atoms. The number of thiophene rings is 2. The summed E-state index contributed by atoms with van der Waals surface area (Å²) in [6.07, 6.45) is 0. The van der Waals surface area contributed by atoms with E-state index in [-0.39, 0.29) is 5.56 Å². The molecule has 3 aromatic rings. The number of carbonyl (C=O) groups is 2. The molecular weight excluding hydrogens is 377 g/mol. The number of amides is 1. The van der Waals surface area contributed by atoms with Crippen LogP contribution in [0.1, 0.15) is 20.0 Å². The first-order valence-electron chi connectivity index (χ1n) is 6.37. The number of nitrogens with one attached hydrogen (secondary N) is 1. The Balaban J connectivity index is 2.06. The topological polar surface area (TPSA) is 55.4 Å². The molecule has 0 fully saturated rings. The number of rotatable bonds is 3. The molecule has 0 aliphatic carbocycles. The molecule has 0 bridgehead atoms. The van der Waals surface area contributed by atoms with Crippen LogP contribution < -0.4 is 5.32 Å². The van der Waals surface area contributed by atoms with Crippen LogP contribution in [0.15, 0.2) is 30.3 Å². The van der Waals surface area contributed by atoms with E-state index < -0.39 is 11.9 Å². The quantitative estimate of drug-likeness (QED) is 0.621. The molecule has 4 nitrogen and oxygen atoms in total. The van der Waals surface area contributed by atoms with Gasteiger partial charge in [0.1, 0.15) is 9.21 Å². The first-order valence-corrected chi connectivity index (χ1v) is 8.76. The van der Waals surface area contributed by atoms with E-state index in [4.69, 9.17) is 27.9 Å². The Morgan fingerprint density at radius 3 is 2.57 bits per heavy atom. The lowest BCUT2D eigenvalue weighted by Crippen LogP contribution is -2.13. The largest absolute Gasteiger partial charge is 0.465 e. The first kappa shape index (κ1) is 16.3. The van der Waals surface area contributed by atoms with E-state index in [1.54, 1.807) is 0 Å². The Bertz CT molecular complexity index is 917. The Morgan fingerprint density at radius 2 is 1.91 bits per heavy atom. The summed E-state index contributed by atoms with van der Waals surface area (Å²) in [6, 6.07) is 8.89. The summed E-state index contributed by atoms with van der Waals surface area (Å²) < 4.78 is 6.39. The minimum atomic E-state index is -0.504. The molecule has 2 heterocycles. The third-order valence-electron chi connectivity index (χ3n) is 3.11. The molecule has 0 unspecified atom stereocenters. The van der Waals surface area contributed by atoms with Gasteiger partial charge >= 0.3 is 5.97 Å². The van der Waals surface area contributed by atoms with Crippen molar-refractivity contribution in [3.05, 3.63) is 49.4 Å². The van der Waals surface area contributed by atoms with Crippen molar-refractivity contribution in [1.29, 1.82) is 0 Å². The SMILES string of the molecule is COC(=O)c1sc2ccccc2c1NC(=O)c1cc(Cl)sc1Cl. The molecule has 1 amide bonds. The van der Waals surface area contributed by atoms with Crippen molar-refractivity contribution in [2.24, 2.45) is 0 Å². The maximum Gasteiger partial charge on any atom is 0.350 e. The highest BCUT2D eigenvalue weighted by Gasteiger charge is 2.22. The zero-order valence-electron chi connectivity index (χ0n) is 11.7. The Kier molecular flexibility index (Phi) is 4.59. The molecule has 2 aromatic heterocycles. The van der Waals surface area contributed by atoms with Crippen LogP contribution in [-0.4, -0.2) is 19.0 Å². The molecule has 0 radical (unpaired) electrons. The van der Waals surface area contributed by atoms with Crippen LogP contribution in [0.2, 0.25) is 8.67 Å². The molecule has 0 atom stereocenters. The minimum Gasteiger partial charge on any atom is -0.465 e. The third kappa shape index (κ3) is 3.07. The zero-order chi connectivity index (χ0) is 16.6. The summed E-state index contributed by atoms with van der Waals surface area (Å²) in [5.41, 5.74) is 0.689. The summed E-state index contributed by atoms with van der Waals surface area (Å²) in [5, 5.41) is 3.52. The van der Waals surface area contributed by atoms with E-state index in [9.17, 15) is 9.59 Å². The van der Waals surface area contributed by atoms with Crippen molar-refractivity contribution in [2.45, 2.75) is 0 Å². The van der Waals surface area contributed by atoms with Gasteiger partial charge in [0.15, 0.2) is 0 Å². The van der Waals surface area contributed by atoms with E-state index >= 15 is 0 Å². The fourth-order valence-corrected chi connectivity index (χ4v) is 4.62. The predicted molar refractivity (Wildman–Crippen MR) is 95.5 cm³/mol. The molecule has 1 N–H and O–H groups in total. The van der Waals surface area contributed by atoms with Crippen LogP contribution in [0.5, 0.6) is 0 Å². The fraction of sp³-hybridized carbons (Fsp3) is 0.0667. The highest BCUT2D eigenvalue weighted by atomic mass is 35.5. The van der Waals surface area contributed by atoms with Crippen LogP contribution in [0.4, 0.5) is 5.69 Å². The lowest BCUT2D eigenvalue weighted by molar-refractivity contribution is 0.0607. The summed E-state index contributed by atoms with van der Waals surface area (Å²) >= 11 is 14.3. The normalized spacial score (nSPS) is 10.7. The van der Waals surface area contributed by atoms with Crippen molar-refractivity contribution >= 4 is 73.5 Å². The molecule has 0 aliphatic heterocycles. The number of esters is 1. The standard InChI is InChI=1S/C15H9Cl2NO3S2/c1-21-15(20)12-11(7-4-2-3-5-9(7)22-12)18-14(19)8-6-10(16)23-13(8)17/h2-6H,1H3,(H,18,19). The maximum absolute atomic E-state index is 12.5. The molecule has 0 saturated heterocycles. The first-order chi connectivity index (χ1) is 11.0. The average molecular weight is 386 g/mol. The van der Waals surface area contributed by atoms with Gasteiger partial charge in [-0.1, -0.05) is 41.4 Å². The van der Waals surface area contributed by atoms with Crippen molar-refractivity contribution in [1.82, 2.24) is 0 Å². The summed E-state index contributed by atoms with van der Waals surface area (Å²) in [7, 11) is 1.30. The second kappa shape index (κ2) is 6.49. The van der Waals surface area contributed by atoms with Crippen molar-refractivity contribution < 1.29 is 14.3 Å². The van der Waals surface area contributed by atoms with Crippen LogP contribution >= 0.6 is 45.9 Å². The summed E-state index contributed by atoms with van der Waals surface area (Å²) in [6.45, 7) is 0. The molecule has 0 spiro atoms. The highest BCUT2D eigenvalue weighted by Crippen LogP contribution is 2.37. The molecule has 8 heteroatoms. The van der Waals surface area contributed by atoms with Gasteiger partial charge in [0, 0.05) is 10.1 Å². The Morgan fingerprint density at radius 1 is 1.17 bits per heavy atom. The fourth-order valence-electron chi connectivity index (χ4n) is 2.08. The second-order valence-corrected chi connectivity index (χ2v) is 7.82. The van der Waals surface area contributed by atoms with Crippen LogP contribution in [-0.2, 0) is 4.74 Å². The summed E-state index contributed by atoms with van der Waals surface area (Å²) in [5.74, 6) is -0.928. The third-order valence-corrected chi connectivity index (χ3v) is 5.74. The summed E-state index contributed by atoms with van der Waals surface area (Å²) in [4.78, 5) is 24.8. The van der Waals surface area contributed by atoms with Crippen LogP contribution in [0.25, 0.3) is 10.1 Å². The van der Waals surface area contributed by atoms with Gasteiger partial charge in [-0.15, -0.1) is 22.7 Å². The predicted octanol–water partition coefficient (Wildman–Crippen LogP) is 5.31. The van der Waals surface area contributed by atoms with E-state index in [0.29, 0.717) is 19.2 Å². The molecule has 0 saturated carbocycles. The van der Waals surface area contributed by atoms with Gasteiger partial charge < -0.3 is 10.1 Å². The monoisotopic (exact) mass is 385 g/mol. The lowest BCUT2D eigenvalue weighted by Gasteiger charge is -2.06. The van der Waals surface area contributed by atoms with Gasteiger partial charge in [-0.25, -0.2) is 4.79 Å². The Hall–Kier alpha value is -1.60. The van der Waals surface area contributed by atoms with Crippen molar-refractivity contribution in [3.63, 3.8) is 0 Å². The minimum absolute atomic E-state index is 0.271. The van der Waals surface area contributed by atoms with E-state index in [1.807, 2.05) is 24.3 Å². The van der Waals surface area contributed by atoms with Gasteiger partial charge in [0.25, 0.3) is 5.91 Å². The number of benzene rings is 1. The average Bonchev–Trinajstić information content (AvgIpc) is 3.07. The zero-order valence-corrected chi connectivity index (χ0v) is 14.8. The van der Waals surface area contributed by atoms with E-state index in [1.165, 1.54) is 24.5 Å². The maximum atomic E-state index is 12.5. The van der Waals surface area contributed by atoms with E-state index in [0.717, 1.165) is 21.4 Å². The van der Waals surface area contributed by atoms with E-state index in [2.05, 4.69) is 5.32 Å². The van der Waals surface area contributed by atoms with Gasteiger partial charge in [0.2, 0.25) is 0 Å². The van der Waals surface area contributed by atoms with Crippen molar-refractivity contribution in [2.75, 3.05) is 12.4 Å². The van der Waals surface area contributed by atoms with Crippen LogP contribution in [0.3, 0.4) is 0 Å². The number of halogens is 2. The lowest BCUT2D eigenvalue weighted by atomic mass is 10.2. The number of ether oxygens (including phenoxy) is 1. The molecule has 0 aliphatic rings.